The average molecular weight is 421 g/mol. The van der Waals surface area contributed by atoms with Crippen LogP contribution in [0.15, 0.2) is 40.0 Å². The van der Waals surface area contributed by atoms with E-state index in [0.717, 1.165) is 12.8 Å². The third-order valence-electron chi connectivity index (χ3n) is 2.78. The van der Waals surface area contributed by atoms with Crippen LogP contribution in [0.3, 0.4) is 0 Å². The maximum atomic E-state index is 11.8. The summed E-state index contributed by atoms with van der Waals surface area (Å²) in [4.78, 5) is 11.9. The zero-order valence-corrected chi connectivity index (χ0v) is 14.0. The Balaban J connectivity index is 1.93. The number of carbonyl (C=O) groups is 1. The molecular weight excluding hydrogens is 406 g/mol. The van der Waals surface area contributed by atoms with Crippen molar-refractivity contribution >= 4 is 48.0 Å². The molecule has 1 aliphatic rings. The first-order valence-electron chi connectivity index (χ1n) is 5.87. The number of halogens is 1. The maximum absolute atomic E-state index is 11.8. The van der Waals surface area contributed by atoms with Crippen LogP contribution >= 0.6 is 22.6 Å². The van der Waals surface area contributed by atoms with Crippen LogP contribution in [-0.4, -0.2) is 27.0 Å². The van der Waals surface area contributed by atoms with Crippen molar-refractivity contribution in [1.82, 2.24) is 0 Å². The van der Waals surface area contributed by atoms with Gasteiger partial charge in [-0.25, -0.2) is 0 Å². The third-order valence-corrected chi connectivity index (χ3v) is 6.39. The summed E-state index contributed by atoms with van der Waals surface area (Å²) < 4.78 is 8.78. The predicted molar refractivity (Wildman–Crippen MR) is 82.5 cm³/mol. The monoisotopic (exact) mass is 422 g/mol. The normalized spacial score (nSPS) is 24.1. The predicted octanol–water partition coefficient (Wildman–Crippen LogP) is 2.85. The summed E-state index contributed by atoms with van der Waals surface area (Å²) in [5.74, 6) is -0.00916. The van der Waals surface area contributed by atoms with E-state index in [4.69, 9.17) is 4.74 Å². The molecule has 0 amide bonds. The Hall–Kier alpha value is -0.321. The molecule has 1 unspecified atom stereocenters. The van der Waals surface area contributed by atoms with Crippen molar-refractivity contribution in [2.45, 2.75) is 30.7 Å². The van der Waals surface area contributed by atoms with E-state index in [-0.39, 0.29) is 31.8 Å². The van der Waals surface area contributed by atoms with Gasteiger partial charge in [-0.05, 0) is 0 Å². The van der Waals surface area contributed by atoms with Crippen LogP contribution in [0.25, 0.3) is 0 Å². The minimum atomic E-state index is -0.00916. The number of rotatable bonds is 4. The zero-order valence-electron chi connectivity index (χ0n) is 10.1. The molecule has 0 aliphatic carbocycles. The van der Waals surface area contributed by atoms with E-state index < -0.39 is 0 Å². The second-order valence-electron chi connectivity index (χ2n) is 4.37. The number of hydrogen-bond acceptors (Lipinski definition) is 2. The number of cyclic esters (lactones) is 1. The van der Waals surface area contributed by atoms with Crippen LogP contribution in [0, 0.1) is 0 Å². The van der Waals surface area contributed by atoms with E-state index in [1.165, 1.54) is 10.0 Å². The topological polar surface area (TPSA) is 26.3 Å². The molecule has 2 atom stereocenters. The van der Waals surface area contributed by atoms with Gasteiger partial charge in [0.1, 0.15) is 0 Å². The summed E-state index contributed by atoms with van der Waals surface area (Å²) in [6.45, 7) is 2.08. The SMILES string of the molecule is C/C(=C\I)CC1C[C@H]([Se]c2ccccc2)C(=O)O1. The second kappa shape index (κ2) is 6.73. The molecular formula is C14H15IO2Se. The summed E-state index contributed by atoms with van der Waals surface area (Å²) >= 11 is 2.42. The molecule has 0 radical (unpaired) electrons. The summed E-state index contributed by atoms with van der Waals surface area (Å²) in [5, 5.41) is 0. The van der Waals surface area contributed by atoms with Gasteiger partial charge in [0.05, 0.1) is 0 Å². The van der Waals surface area contributed by atoms with E-state index in [1.54, 1.807) is 0 Å². The molecule has 1 aromatic rings. The van der Waals surface area contributed by atoms with E-state index in [0.29, 0.717) is 0 Å². The molecule has 4 heteroatoms. The summed E-state index contributed by atoms with van der Waals surface area (Å²) in [6.07, 6.45) is 1.82. The van der Waals surface area contributed by atoms with E-state index >= 15 is 0 Å². The minimum absolute atomic E-state index is 0.00916. The number of hydrogen-bond donors (Lipinski definition) is 0. The molecule has 1 aliphatic heterocycles. The van der Waals surface area contributed by atoms with Gasteiger partial charge < -0.3 is 0 Å². The van der Waals surface area contributed by atoms with Crippen LogP contribution in [0.4, 0.5) is 0 Å². The number of benzene rings is 1. The quantitative estimate of drug-likeness (QED) is 0.425. The van der Waals surface area contributed by atoms with E-state index in [2.05, 4.69) is 45.7 Å². The van der Waals surface area contributed by atoms with Crippen molar-refractivity contribution in [3.8, 4) is 0 Å². The molecule has 0 aromatic heterocycles. The molecule has 18 heavy (non-hydrogen) atoms. The standard InChI is InChI=1S/C14H15IO2Se/c1-10(9-15)7-11-8-13(14(16)17-11)18-12-5-3-2-4-6-12/h2-6,9,11,13H,7-8H2,1H3/b10-9+/t11?,13-/m0/s1. The Morgan fingerprint density at radius 3 is 2.89 bits per heavy atom. The molecule has 2 nitrogen and oxygen atoms in total. The third kappa shape index (κ3) is 3.84. The molecule has 1 heterocycles. The average Bonchev–Trinajstić information content (AvgIpc) is 2.71. The Morgan fingerprint density at radius 1 is 1.50 bits per heavy atom. The van der Waals surface area contributed by atoms with Gasteiger partial charge in [0.25, 0.3) is 0 Å². The Kier molecular flexibility index (Phi) is 5.27. The van der Waals surface area contributed by atoms with Gasteiger partial charge in [-0.1, -0.05) is 0 Å². The number of esters is 1. The molecule has 1 saturated heterocycles. The molecule has 0 bridgehead atoms. The van der Waals surface area contributed by atoms with Gasteiger partial charge in [0.2, 0.25) is 0 Å². The summed E-state index contributed by atoms with van der Waals surface area (Å²) in [5.41, 5.74) is 1.28. The van der Waals surface area contributed by atoms with Gasteiger partial charge >= 0.3 is 128 Å². The van der Waals surface area contributed by atoms with E-state index in [9.17, 15) is 4.79 Å². The molecule has 2 rings (SSSR count). The Morgan fingerprint density at radius 2 is 2.22 bits per heavy atom. The van der Waals surface area contributed by atoms with Crippen LogP contribution in [0.5, 0.6) is 0 Å². The van der Waals surface area contributed by atoms with Crippen molar-refractivity contribution in [3.05, 3.63) is 40.0 Å². The molecule has 0 N–H and O–H groups in total. The van der Waals surface area contributed by atoms with Crippen molar-refractivity contribution in [3.63, 3.8) is 0 Å². The van der Waals surface area contributed by atoms with Crippen LogP contribution in [-0.2, 0) is 9.53 Å². The van der Waals surface area contributed by atoms with Gasteiger partial charge in [0.15, 0.2) is 0 Å². The second-order valence-corrected chi connectivity index (χ2v) is 7.67. The van der Waals surface area contributed by atoms with Gasteiger partial charge in [-0.3, -0.25) is 0 Å². The molecule has 1 aromatic carbocycles. The zero-order chi connectivity index (χ0) is 13.0. The van der Waals surface area contributed by atoms with Crippen LogP contribution in [0.2, 0.25) is 4.82 Å². The van der Waals surface area contributed by atoms with Gasteiger partial charge in [0, 0.05) is 0 Å². The fraction of sp³-hybridized carbons (Fsp3) is 0.357. The van der Waals surface area contributed by atoms with Gasteiger partial charge in [-0.2, -0.15) is 0 Å². The van der Waals surface area contributed by atoms with Crippen molar-refractivity contribution in [2.75, 3.05) is 0 Å². The van der Waals surface area contributed by atoms with E-state index in [1.807, 2.05) is 18.2 Å². The van der Waals surface area contributed by atoms with Gasteiger partial charge in [-0.15, -0.1) is 0 Å². The van der Waals surface area contributed by atoms with Crippen LogP contribution < -0.4 is 4.46 Å². The molecule has 1 fully saturated rings. The fourth-order valence-corrected chi connectivity index (χ4v) is 4.49. The first-order valence-corrected chi connectivity index (χ1v) is 8.96. The molecule has 96 valence electrons. The van der Waals surface area contributed by atoms with Crippen molar-refractivity contribution in [1.29, 1.82) is 0 Å². The number of carbonyl (C=O) groups excluding carboxylic acids is 1. The summed E-state index contributed by atoms with van der Waals surface area (Å²) in [6, 6.07) is 10.2. The van der Waals surface area contributed by atoms with Crippen LogP contribution in [0.1, 0.15) is 19.8 Å². The summed E-state index contributed by atoms with van der Waals surface area (Å²) in [7, 11) is 0. The Labute approximate surface area is 127 Å². The Bertz CT molecular complexity index is 444. The molecule has 0 saturated carbocycles. The van der Waals surface area contributed by atoms with Crippen molar-refractivity contribution < 1.29 is 9.53 Å². The number of ether oxygens (including phenoxy) is 1. The fourth-order valence-electron chi connectivity index (χ4n) is 1.91. The first-order chi connectivity index (χ1) is 8.69. The van der Waals surface area contributed by atoms with Crippen molar-refractivity contribution in [2.24, 2.45) is 0 Å². The first kappa shape index (κ1) is 14.1. The molecule has 0 spiro atoms.